The minimum absolute atomic E-state index is 0.0609. The van der Waals surface area contributed by atoms with Crippen molar-refractivity contribution in [3.63, 3.8) is 0 Å². The molecule has 0 fully saturated rings. The van der Waals surface area contributed by atoms with Crippen molar-refractivity contribution in [2.45, 2.75) is 26.8 Å². The summed E-state index contributed by atoms with van der Waals surface area (Å²) in [6.07, 6.45) is 1.53. The number of rotatable bonds is 7. The van der Waals surface area contributed by atoms with Gasteiger partial charge in [-0.15, -0.1) is 22.7 Å². The number of thiophene rings is 1. The molecule has 1 N–H and O–H groups in total. The highest BCUT2D eigenvalue weighted by molar-refractivity contribution is 7.17. The predicted octanol–water partition coefficient (Wildman–Crippen LogP) is 4.10. The molecule has 164 valence electrons. The fourth-order valence-corrected chi connectivity index (χ4v) is 4.71. The first-order valence-corrected chi connectivity index (χ1v) is 11.7. The van der Waals surface area contributed by atoms with Crippen LogP contribution in [0.15, 0.2) is 46.1 Å². The Balaban J connectivity index is 1.48. The summed E-state index contributed by atoms with van der Waals surface area (Å²) in [5, 5.41) is 6.97. The Hall–Kier alpha value is -3.37. The number of thiazole rings is 1. The number of amides is 1. The molecule has 32 heavy (non-hydrogen) atoms. The molecule has 0 atom stereocenters. The van der Waals surface area contributed by atoms with E-state index in [1.807, 2.05) is 36.6 Å². The van der Waals surface area contributed by atoms with Gasteiger partial charge in [0.1, 0.15) is 4.83 Å². The maximum absolute atomic E-state index is 13.1. The molecule has 0 spiro atoms. The van der Waals surface area contributed by atoms with Gasteiger partial charge in [0.25, 0.3) is 5.56 Å². The zero-order valence-electron chi connectivity index (χ0n) is 17.5. The van der Waals surface area contributed by atoms with E-state index in [4.69, 9.17) is 4.74 Å². The highest BCUT2D eigenvalue weighted by Gasteiger charge is 2.15. The largest absolute Gasteiger partial charge is 0.461 e. The Kier molecular flexibility index (Phi) is 6.42. The second-order valence-corrected chi connectivity index (χ2v) is 8.71. The van der Waals surface area contributed by atoms with E-state index in [1.165, 1.54) is 27.6 Å². The molecular weight excluding hydrogens is 448 g/mol. The molecule has 4 aromatic rings. The molecule has 0 saturated heterocycles. The second kappa shape index (κ2) is 9.41. The van der Waals surface area contributed by atoms with Crippen molar-refractivity contribution < 1.29 is 14.3 Å². The van der Waals surface area contributed by atoms with Crippen LogP contribution in [0, 0.1) is 6.92 Å². The van der Waals surface area contributed by atoms with Crippen LogP contribution in [0.25, 0.3) is 21.3 Å². The van der Waals surface area contributed by atoms with Crippen LogP contribution in [-0.4, -0.2) is 33.0 Å². The van der Waals surface area contributed by atoms with Gasteiger partial charge in [-0.25, -0.2) is 14.8 Å². The van der Waals surface area contributed by atoms with Crippen molar-refractivity contribution in [2.75, 3.05) is 11.9 Å². The van der Waals surface area contributed by atoms with Gasteiger partial charge >= 0.3 is 5.97 Å². The van der Waals surface area contributed by atoms with E-state index in [2.05, 4.69) is 15.3 Å². The van der Waals surface area contributed by atoms with Crippen molar-refractivity contribution in [1.82, 2.24) is 14.5 Å². The van der Waals surface area contributed by atoms with Gasteiger partial charge in [0.15, 0.2) is 10.8 Å². The third-order valence-electron chi connectivity index (χ3n) is 4.74. The smallest absolute Gasteiger partial charge is 0.357 e. The van der Waals surface area contributed by atoms with E-state index >= 15 is 0 Å². The van der Waals surface area contributed by atoms with Crippen LogP contribution in [0.1, 0.15) is 29.4 Å². The van der Waals surface area contributed by atoms with E-state index in [0.29, 0.717) is 15.3 Å². The Labute approximate surface area is 191 Å². The first-order valence-electron chi connectivity index (χ1n) is 9.92. The fourth-order valence-electron chi connectivity index (χ4n) is 3.11. The number of anilines is 1. The van der Waals surface area contributed by atoms with Gasteiger partial charge in [0, 0.05) is 29.3 Å². The number of ether oxygens (including phenoxy) is 1. The number of fused-ring (bicyclic) bond motifs is 1. The zero-order valence-corrected chi connectivity index (χ0v) is 19.1. The molecule has 3 heterocycles. The molecule has 10 heteroatoms. The highest BCUT2D eigenvalue weighted by Crippen LogP contribution is 2.30. The normalized spacial score (nSPS) is 10.9. The summed E-state index contributed by atoms with van der Waals surface area (Å²) in [4.78, 5) is 46.2. The first-order chi connectivity index (χ1) is 15.5. The molecule has 0 unspecified atom stereocenters. The molecule has 0 radical (unpaired) electrons. The van der Waals surface area contributed by atoms with Crippen molar-refractivity contribution in [1.29, 1.82) is 0 Å². The summed E-state index contributed by atoms with van der Waals surface area (Å²) in [6, 6.07) is 7.98. The number of esters is 1. The number of carbonyl (C=O) groups excluding carboxylic acids is 2. The van der Waals surface area contributed by atoms with Crippen LogP contribution in [-0.2, 0) is 16.1 Å². The molecule has 0 saturated carbocycles. The van der Waals surface area contributed by atoms with Crippen molar-refractivity contribution in [3.8, 4) is 11.1 Å². The van der Waals surface area contributed by atoms with E-state index < -0.39 is 5.97 Å². The molecule has 4 rings (SSSR count). The number of benzene rings is 1. The fraction of sp³-hybridized carbons (Fsp3) is 0.227. The first kappa shape index (κ1) is 21.8. The lowest BCUT2D eigenvalue weighted by Crippen LogP contribution is -2.23. The quantitative estimate of drug-likeness (QED) is 0.410. The summed E-state index contributed by atoms with van der Waals surface area (Å²) in [6.45, 7) is 4.15. The minimum Gasteiger partial charge on any atom is -0.461 e. The van der Waals surface area contributed by atoms with Crippen LogP contribution in [0.2, 0.25) is 0 Å². The number of aromatic nitrogens is 3. The Morgan fingerprint density at radius 1 is 1.16 bits per heavy atom. The number of nitrogens with zero attached hydrogens (tertiary/aromatic N) is 3. The number of hydrogen-bond acceptors (Lipinski definition) is 8. The predicted molar refractivity (Wildman–Crippen MR) is 125 cm³/mol. The van der Waals surface area contributed by atoms with Gasteiger partial charge in [0.05, 0.1) is 18.3 Å². The van der Waals surface area contributed by atoms with E-state index in [9.17, 15) is 14.4 Å². The lowest BCUT2D eigenvalue weighted by molar-refractivity contribution is -0.116. The number of nitrogens with one attached hydrogen (secondary N) is 1. The second-order valence-electron chi connectivity index (χ2n) is 7.00. The highest BCUT2D eigenvalue weighted by atomic mass is 32.1. The number of carbonyl (C=O) groups is 2. The lowest BCUT2D eigenvalue weighted by Gasteiger charge is -2.06. The standard InChI is InChI=1S/C22H20N4O4S2/c1-3-30-21(29)16-11-32-22(24-16)25-17(27)8-9-26-12-23-19-18(20(26)28)15(10-31-19)14-6-4-13(2)5-7-14/h4-7,10-12H,3,8-9H2,1-2H3,(H,24,25,27). The molecule has 1 amide bonds. The molecular formula is C22H20N4O4S2. The molecule has 0 bridgehead atoms. The van der Waals surface area contributed by atoms with E-state index in [-0.39, 0.29) is 36.7 Å². The summed E-state index contributed by atoms with van der Waals surface area (Å²) < 4.78 is 6.33. The van der Waals surface area contributed by atoms with Crippen LogP contribution < -0.4 is 10.9 Å². The average molecular weight is 469 g/mol. The third kappa shape index (κ3) is 4.61. The maximum Gasteiger partial charge on any atom is 0.357 e. The average Bonchev–Trinajstić information content (AvgIpc) is 3.42. The summed E-state index contributed by atoms with van der Waals surface area (Å²) in [7, 11) is 0. The molecule has 0 aliphatic carbocycles. The number of aryl methyl sites for hydroxylation is 2. The topological polar surface area (TPSA) is 103 Å². The SMILES string of the molecule is CCOC(=O)c1csc(NC(=O)CCn2cnc3scc(-c4ccc(C)cc4)c3c2=O)n1. The van der Waals surface area contributed by atoms with Crippen molar-refractivity contribution in [2.24, 2.45) is 0 Å². The van der Waals surface area contributed by atoms with E-state index in [0.717, 1.165) is 28.0 Å². The van der Waals surface area contributed by atoms with Gasteiger partial charge < -0.3 is 10.1 Å². The Morgan fingerprint density at radius 2 is 1.94 bits per heavy atom. The van der Waals surface area contributed by atoms with Crippen molar-refractivity contribution in [3.05, 3.63) is 63.0 Å². The van der Waals surface area contributed by atoms with Gasteiger partial charge in [-0.1, -0.05) is 29.8 Å². The molecule has 0 aliphatic rings. The van der Waals surface area contributed by atoms with Gasteiger partial charge in [-0.05, 0) is 19.4 Å². The summed E-state index contributed by atoms with van der Waals surface area (Å²) >= 11 is 2.56. The summed E-state index contributed by atoms with van der Waals surface area (Å²) in [5.74, 6) is -0.846. The Bertz CT molecular complexity index is 1340. The Morgan fingerprint density at radius 3 is 2.69 bits per heavy atom. The van der Waals surface area contributed by atoms with Crippen LogP contribution >= 0.6 is 22.7 Å². The van der Waals surface area contributed by atoms with Crippen LogP contribution in [0.4, 0.5) is 5.13 Å². The van der Waals surface area contributed by atoms with Gasteiger partial charge in [-0.3, -0.25) is 14.2 Å². The van der Waals surface area contributed by atoms with Gasteiger partial charge in [0.2, 0.25) is 5.91 Å². The molecule has 8 nitrogen and oxygen atoms in total. The monoisotopic (exact) mass is 468 g/mol. The third-order valence-corrected chi connectivity index (χ3v) is 6.38. The molecule has 3 aromatic heterocycles. The van der Waals surface area contributed by atoms with Crippen molar-refractivity contribution >= 4 is 49.9 Å². The number of hydrogen-bond donors (Lipinski definition) is 1. The van der Waals surface area contributed by atoms with E-state index in [1.54, 1.807) is 6.92 Å². The zero-order chi connectivity index (χ0) is 22.7. The van der Waals surface area contributed by atoms with Gasteiger partial charge in [-0.2, -0.15) is 0 Å². The molecule has 1 aromatic carbocycles. The summed E-state index contributed by atoms with van der Waals surface area (Å²) in [5.41, 5.74) is 2.91. The minimum atomic E-state index is -0.532. The molecule has 0 aliphatic heterocycles. The lowest BCUT2D eigenvalue weighted by atomic mass is 10.1. The van der Waals surface area contributed by atoms with Crippen LogP contribution in [0.5, 0.6) is 0 Å². The maximum atomic E-state index is 13.1. The van der Waals surface area contributed by atoms with Crippen LogP contribution in [0.3, 0.4) is 0 Å².